The zero-order valence-corrected chi connectivity index (χ0v) is 13.1. The van der Waals surface area contributed by atoms with Crippen LogP contribution in [0.3, 0.4) is 0 Å². The molecule has 0 saturated carbocycles. The first kappa shape index (κ1) is 15.5. The molecule has 1 fully saturated rings. The monoisotopic (exact) mass is 338 g/mol. The van der Waals surface area contributed by atoms with Crippen molar-refractivity contribution in [3.05, 3.63) is 17.8 Å². The molecule has 1 saturated heterocycles. The van der Waals surface area contributed by atoms with Crippen LogP contribution in [0.4, 0.5) is 5.88 Å². The van der Waals surface area contributed by atoms with Crippen molar-refractivity contribution in [2.75, 3.05) is 38.7 Å². The molecule has 1 N–H and O–H groups in total. The predicted octanol–water partition coefficient (Wildman–Crippen LogP) is 0.869. The lowest BCUT2D eigenvalue weighted by molar-refractivity contribution is 0.0724. The number of nitrogens with one attached hydrogen (secondary N) is 1. The first-order valence-electron chi connectivity index (χ1n) is 6.83. The molecule has 0 spiro atoms. The normalized spacial score (nSPS) is 16.2. The highest BCUT2D eigenvalue weighted by atomic mass is 32.2. The maximum Gasteiger partial charge on any atom is 0.276 e. The molecule has 0 atom stereocenters. The Bertz CT molecular complexity index is 842. The molecule has 0 aromatic carbocycles. The predicted molar refractivity (Wildman–Crippen MR) is 78.0 cm³/mol. The molecule has 10 heteroatoms. The number of aromatic nitrogens is 1. The van der Waals surface area contributed by atoms with Crippen LogP contribution in [0.1, 0.15) is 5.69 Å². The molecule has 122 valence electrons. The SMILES string of the molecule is CNc1oc(-c2ccc(S(=O)(=O)N3CCOCC3)o2)nc1C#N. The van der Waals surface area contributed by atoms with Gasteiger partial charge < -0.3 is 18.9 Å². The number of ether oxygens (including phenoxy) is 1. The van der Waals surface area contributed by atoms with Gasteiger partial charge in [-0.3, -0.25) is 0 Å². The number of sulfonamides is 1. The van der Waals surface area contributed by atoms with E-state index in [9.17, 15) is 8.42 Å². The number of hydrogen-bond acceptors (Lipinski definition) is 8. The zero-order valence-electron chi connectivity index (χ0n) is 12.3. The summed E-state index contributed by atoms with van der Waals surface area (Å²) >= 11 is 0. The van der Waals surface area contributed by atoms with E-state index in [-0.39, 0.29) is 41.4 Å². The molecule has 3 heterocycles. The number of rotatable bonds is 4. The Morgan fingerprint density at radius 2 is 2.04 bits per heavy atom. The van der Waals surface area contributed by atoms with E-state index in [1.807, 2.05) is 6.07 Å². The molecular formula is C13H14N4O5S. The Morgan fingerprint density at radius 3 is 2.65 bits per heavy atom. The lowest BCUT2D eigenvalue weighted by Crippen LogP contribution is -2.40. The standard InChI is InChI=1S/C13H14N4O5S/c1-15-12-9(8-14)16-13(22-12)10-2-3-11(21-10)23(18,19)17-4-6-20-7-5-17/h2-3,15H,4-7H2,1H3. The minimum absolute atomic E-state index is 0.0364. The molecule has 0 radical (unpaired) electrons. The van der Waals surface area contributed by atoms with E-state index in [0.29, 0.717) is 13.2 Å². The van der Waals surface area contributed by atoms with Gasteiger partial charge in [-0.25, -0.2) is 8.42 Å². The number of nitriles is 1. The van der Waals surface area contributed by atoms with Gasteiger partial charge in [-0.05, 0) is 12.1 Å². The summed E-state index contributed by atoms with van der Waals surface area (Å²) in [6.07, 6.45) is 0. The van der Waals surface area contributed by atoms with Gasteiger partial charge >= 0.3 is 0 Å². The van der Waals surface area contributed by atoms with Gasteiger partial charge in [-0.15, -0.1) is 0 Å². The topological polar surface area (TPSA) is 122 Å². The molecule has 0 aliphatic carbocycles. The largest absolute Gasteiger partial charge is 0.438 e. The van der Waals surface area contributed by atoms with E-state index in [2.05, 4.69) is 10.3 Å². The minimum Gasteiger partial charge on any atom is -0.438 e. The van der Waals surface area contributed by atoms with Crippen LogP contribution in [0, 0.1) is 11.3 Å². The molecule has 1 aliphatic rings. The van der Waals surface area contributed by atoms with Crippen molar-refractivity contribution in [2.24, 2.45) is 0 Å². The summed E-state index contributed by atoms with van der Waals surface area (Å²) in [4.78, 5) is 3.97. The molecule has 0 unspecified atom stereocenters. The van der Waals surface area contributed by atoms with Crippen molar-refractivity contribution in [3.8, 4) is 17.7 Å². The molecule has 2 aromatic heterocycles. The van der Waals surface area contributed by atoms with Crippen LogP contribution in [0.2, 0.25) is 0 Å². The molecule has 0 bridgehead atoms. The molecular weight excluding hydrogens is 324 g/mol. The Balaban J connectivity index is 1.91. The highest BCUT2D eigenvalue weighted by Crippen LogP contribution is 2.29. The van der Waals surface area contributed by atoms with E-state index < -0.39 is 10.0 Å². The third kappa shape index (κ3) is 2.81. The number of furan rings is 1. The van der Waals surface area contributed by atoms with Crippen molar-refractivity contribution in [1.82, 2.24) is 9.29 Å². The number of nitrogens with zero attached hydrogens (tertiary/aromatic N) is 3. The fourth-order valence-electron chi connectivity index (χ4n) is 2.16. The van der Waals surface area contributed by atoms with Crippen LogP contribution in [0.25, 0.3) is 11.7 Å². The van der Waals surface area contributed by atoms with Crippen LogP contribution in [-0.2, 0) is 14.8 Å². The zero-order chi connectivity index (χ0) is 16.4. The second-order valence-corrected chi connectivity index (χ2v) is 6.56. The summed E-state index contributed by atoms with van der Waals surface area (Å²) in [6.45, 7) is 1.26. The molecule has 1 aliphatic heterocycles. The highest BCUT2D eigenvalue weighted by Gasteiger charge is 2.30. The van der Waals surface area contributed by atoms with Crippen LogP contribution in [0.5, 0.6) is 0 Å². The van der Waals surface area contributed by atoms with Gasteiger partial charge in [0, 0.05) is 20.1 Å². The summed E-state index contributed by atoms with van der Waals surface area (Å²) in [5.74, 6) is 0.362. The van der Waals surface area contributed by atoms with Crippen molar-refractivity contribution in [1.29, 1.82) is 5.26 Å². The molecule has 9 nitrogen and oxygen atoms in total. The van der Waals surface area contributed by atoms with E-state index in [4.69, 9.17) is 18.8 Å². The Morgan fingerprint density at radius 1 is 1.30 bits per heavy atom. The number of anilines is 1. The lowest BCUT2D eigenvalue weighted by Gasteiger charge is -2.24. The van der Waals surface area contributed by atoms with Gasteiger partial charge in [0.25, 0.3) is 15.9 Å². The summed E-state index contributed by atoms with van der Waals surface area (Å²) in [5, 5.41) is 11.5. The van der Waals surface area contributed by atoms with E-state index in [1.165, 1.54) is 16.4 Å². The number of morpholine rings is 1. The van der Waals surface area contributed by atoms with Crippen molar-refractivity contribution in [3.63, 3.8) is 0 Å². The second kappa shape index (κ2) is 6.04. The van der Waals surface area contributed by atoms with Gasteiger partial charge in [-0.1, -0.05) is 0 Å². The van der Waals surface area contributed by atoms with Crippen molar-refractivity contribution in [2.45, 2.75) is 5.09 Å². The number of hydrogen-bond donors (Lipinski definition) is 1. The average Bonchev–Trinajstić information content (AvgIpc) is 3.22. The highest BCUT2D eigenvalue weighted by molar-refractivity contribution is 7.89. The summed E-state index contributed by atoms with van der Waals surface area (Å²) in [7, 11) is -2.14. The summed E-state index contributed by atoms with van der Waals surface area (Å²) in [5.41, 5.74) is 0.0662. The summed E-state index contributed by atoms with van der Waals surface area (Å²) < 4.78 is 42.1. The third-order valence-electron chi connectivity index (χ3n) is 3.32. The van der Waals surface area contributed by atoms with Gasteiger partial charge in [0.05, 0.1) is 13.2 Å². The van der Waals surface area contributed by atoms with Crippen LogP contribution < -0.4 is 5.32 Å². The Hall–Kier alpha value is -2.35. The lowest BCUT2D eigenvalue weighted by atomic mass is 10.4. The van der Waals surface area contributed by atoms with E-state index in [1.54, 1.807) is 7.05 Å². The van der Waals surface area contributed by atoms with Crippen LogP contribution in [-0.4, -0.2) is 51.1 Å². The first-order valence-corrected chi connectivity index (χ1v) is 8.27. The average molecular weight is 338 g/mol. The van der Waals surface area contributed by atoms with Crippen molar-refractivity contribution < 1.29 is 22.0 Å². The smallest absolute Gasteiger partial charge is 0.276 e. The van der Waals surface area contributed by atoms with E-state index >= 15 is 0 Å². The van der Waals surface area contributed by atoms with Crippen LogP contribution in [0.15, 0.2) is 26.1 Å². The third-order valence-corrected chi connectivity index (χ3v) is 5.09. The molecule has 3 rings (SSSR count). The second-order valence-electron chi connectivity index (χ2n) is 4.69. The van der Waals surface area contributed by atoms with Gasteiger partial charge in [0.15, 0.2) is 5.76 Å². The Kier molecular flexibility index (Phi) is 4.08. The fraction of sp³-hybridized carbons (Fsp3) is 0.385. The van der Waals surface area contributed by atoms with Gasteiger partial charge in [0.2, 0.25) is 16.7 Å². The van der Waals surface area contributed by atoms with Gasteiger partial charge in [0.1, 0.15) is 6.07 Å². The maximum atomic E-state index is 12.5. The fourth-order valence-corrected chi connectivity index (χ4v) is 3.48. The summed E-state index contributed by atoms with van der Waals surface area (Å²) in [6, 6.07) is 4.66. The van der Waals surface area contributed by atoms with Crippen LogP contribution >= 0.6 is 0 Å². The number of oxazole rings is 1. The van der Waals surface area contributed by atoms with Crippen molar-refractivity contribution >= 4 is 15.9 Å². The van der Waals surface area contributed by atoms with Gasteiger partial charge in [-0.2, -0.15) is 14.6 Å². The Labute approximate surface area is 132 Å². The minimum atomic E-state index is -3.73. The molecule has 23 heavy (non-hydrogen) atoms. The molecule has 2 aromatic rings. The van der Waals surface area contributed by atoms with E-state index in [0.717, 1.165) is 0 Å². The first-order chi connectivity index (χ1) is 11.1. The quantitative estimate of drug-likeness (QED) is 0.871. The maximum absolute atomic E-state index is 12.5. The molecule has 0 amide bonds.